The molecule has 0 nitrogen and oxygen atoms in total. The van der Waals surface area contributed by atoms with Crippen LogP contribution in [0.2, 0.25) is 0 Å². The minimum Gasteiger partial charge on any atom is -0.0654 e. The highest BCUT2D eigenvalue weighted by atomic mass is 14.3. The number of hydrogen-bond donors (Lipinski definition) is 0. The van der Waals surface area contributed by atoms with Gasteiger partial charge in [0.25, 0.3) is 0 Å². The van der Waals surface area contributed by atoms with Crippen LogP contribution in [0.25, 0.3) is 17.2 Å². The van der Waals surface area contributed by atoms with Gasteiger partial charge in [0, 0.05) is 0 Å². The maximum Gasteiger partial charge on any atom is -0.00551 e. The van der Waals surface area contributed by atoms with Crippen LogP contribution >= 0.6 is 0 Å². The van der Waals surface area contributed by atoms with Crippen LogP contribution in [0.5, 0.6) is 0 Å². The predicted molar refractivity (Wildman–Crippen MR) is 121 cm³/mol. The maximum atomic E-state index is 2.46. The van der Waals surface area contributed by atoms with Crippen molar-refractivity contribution in [2.24, 2.45) is 0 Å². The van der Waals surface area contributed by atoms with Gasteiger partial charge in [-0.15, -0.1) is 0 Å². The van der Waals surface area contributed by atoms with Gasteiger partial charge in [0.15, 0.2) is 0 Å². The molecule has 3 rings (SSSR count). The summed E-state index contributed by atoms with van der Waals surface area (Å²) in [5, 5.41) is 0. The lowest BCUT2D eigenvalue weighted by Crippen LogP contribution is -2.16. The number of allylic oxidation sites excluding steroid dienone is 1. The molecule has 144 valence electrons. The third-order valence-corrected chi connectivity index (χ3v) is 6.06. The minimum atomic E-state index is 0.141. The molecule has 0 fully saturated rings. The Kier molecular flexibility index (Phi) is 4.91. The number of benzene rings is 2. The molecule has 0 bridgehead atoms. The lowest BCUT2D eigenvalue weighted by Gasteiger charge is -2.27. The molecule has 2 aromatic rings. The van der Waals surface area contributed by atoms with Crippen LogP contribution < -0.4 is 0 Å². The molecule has 0 spiro atoms. The molecule has 27 heavy (non-hydrogen) atoms. The average Bonchev–Trinajstić information content (AvgIpc) is 2.97. The molecule has 2 aromatic carbocycles. The highest BCUT2D eigenvalue weighted by Crippen LogP contribution is 2.41. The van der Waals surface area contributed by atoms with E-state index in [4.69, 9.17) is 0 Å². The fourth-order valence-corrected chi connectivity index (χ4v) is 4.18. The van der Waals surface area contributed by atoms with Crippen molar-refractivity contribution < 1.29 is 0 Å². The van der Waals surface area contributed by atoms with E-state index in [1.165, 1.54) is 44.5 Å². The van der Waals surface area contributed by atoms with E-state index in [0.29, 0.717) is 0 Å². The quantitative estimate of drug-likeness (QED) is 0.510. The Morgan fingerprint density at radius 3 is 1.81 bits per heavy atom. The summed E-state index contributed by atoms with van der Waals surface area (Å²) in [5.74, 6) is 0. The van der Waals surface area contributed by atoms with E-state index in [-0.39, 0.29) is 10.8 Å². The zero-order valence-corrected chi connectivity index (χ0v) is 18.8. The number of aryl methyl sites for hydroxylation is 2. The molecule has 0 heteroatoms. The van der Waals surface area contributed by atoms with Gasteiger partial charge in [-0.2, -0.15) is 0 Å². The average molecular weight is 361 g/mol. The molecule has 0 radical (unpaired) electrons. The van der Waals surface area contributed by atoms with Crippen LogP contribution in [-0.2, 0) is 17.3 Å². The van der Waals surface area contributed by atoms with Crippen LogP contribution in [-0.4, -0.2) is 0 Å². The van der Waals surface area contributed by atoms with E-state index in [9.17, 15) is 0 Å². The van der Waals surface area contributed by atoms with Crippen LogP contribution in [0.3, 0.4) is 0 Å². The highest BCUT2D eigenvalue weighted by Gasteiger charge is 2.24. The highest BCUT2D eigenvalue weighted by molar-refractivity contribution is 5.84. The van der Waals surface area contributed by atoms with E-state index < -0.39 is 0 Å². The molecule has 0 aliphatic heterocycles. The summed E-state index contributed by atoms with van der Waals surface area (Å²) >= 11 is 0. The molecule has 1 aliphatic rings. The van der Waals surface area contributed by atoms with Crippen molar-refractivity contribution in [1.29, 1.82) is 0 Å². The molecular weight excluding hydrogens is 324 g/mol. The predicted octanol–water partition coefficient (Wildman–Crippen LogP) is 7.91. The Labute approximate surface area is 166 Å². The first-order valence-corrected chi connectivity index (χ1v) is 10.4. The standard InChI is InChI=1S/C27H36/c1-10-19-12-23-17(2)11-18(3)25(24(23)13-19)20-14-21(26(4,5)6)16-22(15-20)27(7,8)9/h11,13-16H,10,12H2,1-9H3. The lowest BCUT2D eigenvalue weighted by molar-refractivity contribution is 0.569. The molecule has 0 aromatic heterocycles. The molecule has 0 N–H and O–H groups in total. The lowest BCUT2D eigenvalue weighted by atomic mass is 9.78. The van der Waals surface area contributed by atoms with Crippen LogP contribution in [0.15, 0.2) is 29.8 Å². The molecule has 0 saturated carbocycles. The van der Waals surface area contributed by atoms with Crippen molar-refractivity contribution >= 4 is 6.08 Å². The Bertz CT molecular complexity index is 876. The Morgan fingerprint density at radius 1 is 0.778 bits per heavy atom. The Hall–Kier alpha value is -1.82. The fourth-order valence-electron chi connectivity index (χ4n) is 4.18. The SMILES string of the molecule is CCC1=Cc2c(c(C)cc(C)c2-c2cc(C(C)(C)C)cc(C(C)(C)C)c2)C1. The van der Waals surface area contributed by atoms with E-state index in [2.05, 4.69) is 92.7 Å². The Balaban J connectivity index is 2.33. The van der Waals surface area contributed by atoms with E-state index >= 15 is 0 Å². The van der Waals surface area contributed by atoms with Gasteiger partial charge < -0.3 is 0 Å². The normalized spacial score (nSPS) is 14.3. The van der Waals surface area contributed by atoms with E-state index in [1.807, 2.05) is 0 Å². The molecular formula is C27H36. The first kappa shape index (κ1) is 19.9. The van der Waals surface area contributed by atoms with Crippen LogP contribution in [0.4, 0.5) is 0 Å². The van der Waals surface area contributed by atoms with Gasteiger partial charge in [-0.05, 0) is 82.0 Å². The Morgan fingerprint density at radius 2 is 1.33 bits per heavy atom. The molecule has 0 saturated heterocycles. The van der Waals surface area contributed by atoms with Gasteiger partial charge >= 0.3 is 0 Å². The fraction of sp³-hybridized carbons (Fsp3) is 0.481. The minimum absolute atomic E-state index is 0.141. The molecule has 0 unspecified atom stereocenters. The van der Waals surface area contributed by atoms with Crippen molar-refractivity contribution in [1.82, 2.24) is 0 Å². The van der Waals surface area contributed by atoms with Crippen molar-refractivity contribution in [3.05, 3.63) is 63.2 Å². The third-order valence-electron chi connectivity index (χ3n) is 6.06. The topological polar surface area (TPSA) is 0 Å². The van der Waals surface area contributed by atoms with Crippen molar-refractivity contribution in [2.75, 3.05) is 0 Å². The summed E-state index contributed by atoms with van der Waals surface area (Å²) in [4.78, 5) is 0. The second-order valence-corrected chi connectivity index (χ2v) is 10.4. The van der Waals surface area contributed by atoms with Gasteiger partial charge in [0.2, 0.25) is 0 Å². The molecule has 0 heterocycles. The van der Waals surface area contributed by atoms with Crippen LogP contribution in [0, 0.1) is 13.8 Å². The second-order valence-electron chi connectivity index (χ2n) is 10.4. The van der Waals surface area contributed by atoms with E-state index in [1.54, 1.807) is 5.57 Å². The largest absolute Gasteiger partial charge is 0.0654 e. The summed E-state index contributed by atoms with van der Waals surface area (Å²) in [6.07, 6.45) is 4.73. The van der Waals surface area contributed by atoms with Crippen molar-refractivity contribution in [2.45, 2.75) is 86.0 Å². The smallest absolute Gasteiger partial charge is 0.00551 e. The maximum absolute atomic E-state index is 2.46. The summed E-state index contributed by atoms with van der Waals surface area (Å²) in [7, 11) is 0. The molecule has 0 amide bonds. The van der Waals surface area contributed by atoms with Gasteiger partial charge in [0.05, 0.1) is 0 Å². The molecule has 1 aliphatic carbocycles. The number of fused-ring (bicyclic) bond motifs is 1. The summed E-state index contributed by atoms with van der Waals surface area (Å²) in [6, 6.07) is 9.68. The van der Waals surface area contributed by atoms with Gasteiger partial charge in [-0.3, -0.25) is 0 Å². The molecule has 0 atom stereocenters. The summed E-state index contributed by atoms with van der Waals surface area (Å²) in [5.41, 5.74) is 13.4. The van der Waals surface area contributed by atoms with Gasteiger partial charge in [-0.25, -0.2) is 0 Å². The van der Waals surface area contributed by atoms with Crippen molar-refractivity contribution in [3.63, 3.8) is 0 Å². The van der Waals surface area contributed by atoms with Crippen molar-refractivity contribution in [3.8, 4) is 11.1 Å². The third kappa shape index (κ3) is 3.77. The zero-order valence-electron chi connectivity index (χ0n) is 18.8. The summed E-state index contributed by atoms with van der Waals surface area (Å²) in [6.45, 7) is 20.7. The van der Waals surface area contributed by atoms with Crippen LogP contribution in [0.1, 0.15) is 88.3 Å². The van der Waals surface area contributed by atoms with E-state index in [0.717, 1.165) is 12.8 Å². The van der Waals surface area contributed by atoms with Gasteiger partial charge in [-0.1, -0.05) is 84.4 Å². The second kappa shape index (κ2) is 6.66. The monoisotopic (exact) mass is 360 g/mol. The number of hydrogen-bond acceptors (Lipinski definition) is 0. The first-order chi connectivity index (χ1) is 12.4. The first-order valence-electron chi connectivity index (χ1n) is 10.4. The van der Waals surface area contributed by atoms with Gasteiger partial charge in [0.1, 0.15) is 0 Å². The zero-order chi connectivity index (χ0) is 20.1. The number of rotatable bonds is 2. The summed E-state index contributed by atoms with van der Waals surface area (Å²) < 4.78 is 0.